The molecule has 0 aliphatic rings. The van der Waals surface area contributed by atoms with Crippen molar-refractivity contribution in [3.8, 4) is 6.07 Å². The molecule has 0 N–H and O–H groups in total. The normalized spacial score (nSPS) is 8.73. The average Bonchev–Trinajstić information content (AvgIpc) is 2.05. The van der Waals surface area contributed by atoms with Crippen LogP contribution in [0.2, 0.25) is 0 Å². The number of hydrogen-bond acceptors (Lipinski definition) is 3. The first-order valence-electron chi connectivity index (χ1n) is 2.78. The number of aldehydes is 1. The minimum Gasteiger partial charge on any atom is -0.298 e. The SMILES string of the molecule is N#Cc1cc(C=O)cnc1F. The summed E-state index contributed by atoms with van der Waals surface area (Å²) in [5, 5.41) is 8.29. The molecule has 0 amide bonds. The van der Waals surface area contributed by atoms with Gasteiger partial charge in [-0.2, -0.15) is 9.65 Å². The van der Waals surface area contributed by atoms with Gasteiger partial charge in [-0.3, -0.25) is 4.79 Å². The van der Waals surface area contributed by atoms with E-state index in [1.807, 2.05) is 0 Å². The highest BCUT2D eigenvalue weighted by Gasteiger charge is 2.02. The molecule has 0 fully saturated rings. The van der Waals surface area contributed by atoms with Crippen LogP contribution in [0.15, 0.2) is 12.3 Å². The third-order valence-electron chi connectivity index (χ3n) is 1.12. The lowest BCUT2D eigenvalue weighted by molar-refractivity contribution is 0.112. The molecule has 0 radical (unpaired) electrons. The second kappa shape index (κ2) is 2.88. The predicted octanol–water partition coefficient (Wildman–Crippen LogP) is 0.905. The van der Waals surface area contributed by atoms with Gasteiger partial charge in [0.25, 0.3) is 0 Å². The van der Waals surface area contributed by atoms with Gasteiger partial charge in [0.05, 0.1) is 0 Å². The fourth-order valence-corrected chi connectivity index (χ4v) is 0.607. The van der Waals surface area contributed by atoms with Gasteiger partial charge in [-0.1, -0.05) is 0 Å². The standard InChI is InChI=1S/C7H3FN2O/c8-7-6(2-9)1-5(4-11)3-10-7/h1,3-4H. The molecule has 1 aromatic heterocycles. The van der Waals surface area contributed by atoms with Crippen molar-refractivity contribution < 1.29 is 9.18 Å². The fourth-order valence-electron chi connectivity index (χ4n) is 0.607. The van der Waals surface area contributed by atoms with E-state index < -0.39 is 5.95 Å². The molecular formula is C7H3FN2O. The molecule has 0 aliphatic carbocycles. The first kappa shape index (κ1) is 7.35. The van der Waals surface area contributed by atoms with Crippen LogP contribution in [0, 0.1) is 17.3 Å². The van der Waals surface area contributed by atoms with E-state index in [4.69, 9.17) is 5.26 Å². The van der Waals surface area contributed by atoms with E-state index in [0.29, 0.717) is 6.29 Å². The summed E-state index contributed by atoms with van der Waals surface area (Å²) in [6.07, 6.45) is 1.58. The molecule has 0 spiro atoms. The molecule has 11 heavy (non-hydrogen) atoms. The van der Waals surface area contributed by atoms with Crippen molar-refractivity contribution in [1.82, 2.24) is 4.98 Å². The number of nitrogens with zero attached hydrogens (tertiary/aromatic N) is 2. The number of hydrogen-bond donors (Lipinski definition) is 0. The number of rotatable bonds is 1. The number of aromatic nitrogens is 1. The number of carbonyl (C=O) groups excluding carboxylic acids is 1. The summed E-state index contributed by atoms with van der Waals surface area (Å²) in [5.41, 5.74) is -0.0162. The minimum absolute atomic E-state index is 0.197. The van der Waals surface area contributed by atoms with Crippen molar-refractivity contribution in [3.05, 3.63) is 29.3 Å². The van der Waals surface area contributed by atoms with Gasteiger partial charge in [0.15, 0.2) is 6.29 Å². The first-order chi connectivity index (χ1) is 5.27. The Hall–Kier alpha value is -1.76. The van der Waals surface area contributed by atoms with Gasteiger partial charge in [0.2, 0.25) is 5.95 Å². The van der Waals surface area contributed by atoms with Gasteiger partial charge in [-0.15, -0.1) is 0 Å². The summed E-state index contributed by atoms with van der Waals surface area (Å²) in [5.74, 6) is -0.849. The third kappa shape index (κ3) is 1.38. The maximum Gasteiger partial charge on any atom is 0.230 e. The molecule has 0 atom stereocenters. The largest absolute Gasteiger partial charge is 0.298 e. The van der Waals surface area contributed by atoms with Gasteiger partial charge in [0.1, 0.15) is 11.6 Å². The number of carbonyl (C=O) groups is 1. The van der Waals surface area contributed by atoms with Crippen molar-refractivity contribution in [1.29, 1.82) is 5.26 Å². The highest BCUT2D eigenvalue weighted by atomic mass is 19.1. The third-order valence-corrected chi connectivity index (χ3v) is 1.12. The zero-order valence-corrected chi connectivity index (χ0v) is 5.41. The summed E-state index contributed by atoms with van der Waals surface area (Å²) in [4.78, 5) is 13.3. The molecule has 3 nitrogen and oxygen atoms in total. The van der Waals surface area contributed by atoms with Crippen LogP contribution in [0.4, 0.5) is 4.39 Å². The molecule has 1 aromatic rings. The maximum atomic E-state index is 12.5. The maximum absolute atomic E-state index is 12.5. The molecule has 0 aromatic carbocycles. The Morgan fingerprint density at radius 1 is 1.73 bits per heavy atom. The van der Waals surface area contributed by atoms with Gasteiger partial charge >= 0.3 is 0 Å². The average molecular weight is 150 g/mol. The van der Waals surface area contributed by atoms with E-state index in [1.54, 1.807) is 6.07 Å². The van der Waals surface area contributed by atoms with Gasteiger partial charge in [-0.25, -0.2) is 4.98 Å². The van der Waals surface area contributed by atoms with Crippen molar-refractivity contribution in [3.63, 3.8) is 0 Å². The molecule has 4 heteroatoms. The van der Waals surface area contributed by atoms with Crippen LogP contribution >= 0.6 is 0 Å². The highest BCUT2D eigenvalue weighted by Crippen LogP contribution is 2.03. The van der Waals surface area contributed by atoms with Crippen LogP contribution in [-0.4, -0.2) is 11.3 Å². The summed E-state index contributed by atoms with van der Waals surface area (Å²) in [6, 6.07) is 2.72. The number of halogens is 1. The Morgan fingerprint density at radius 2 is 2.45 bits per heavy atom. The quantitative estimate of drug-likeness (QED) is 0.441. The Kier molecular flexibility index (Phi) is 1.93. The monoisotopic (exact) mass is 150 g/mol. The van der Waals surface area contributed by atoms with Gasteiger partial charge in [-0.05, 0) is 6.07 Å². The topological polar surface area (TPSA) is 53.8 Å². The molecule has 1 heterocycles. The van der Waals surface area contributed by atoms with E-state index in [0.717, 1.165) is 12.3 Å². The molecule has 0 bridgehead atoms. The second-order valence-electron chi connectivity index (χ2n) is 1.84. The zero-order chi connectivity index (χ0) is 8.27. The van der Waals surface area contributed by atoms with Gasteiger partial charge in [0, 0.05) is 11.8 Å². The summed E-state index contributed by atoms with van der Waals surface area (Å²) < 4.78 is 12.5. The van der Waals surface area contributed by atoms with Crippen LogP contribution in [0.5, 0.6) is 0 Å². The van der Waals surface area contributed by atoms with Crippen molar-refractivity contribution in [2.45, 2.75) is 0 Å². The first-order valence-corrected chi connectivity index (χ1v) is 2.78. The van der Waals surface area contributed by atoms with Gasteiger partial charge < -0.3 is 0 Å². The Morgan fingerprint density at radius 3 is 3.00 bits per heavy atom. The van der Waals surface area contributed by atoms with E-state index in [2.05, 4.69) is 4.98 Å². The van der Waals surface area contributed by atoms with Crippen LogP contribution in [-0.2, 0) is 0 Å². The lowest BCUT2D eigenvalue weighted by Gasteiger charge is -1.91. The van der Waals surface area contributed by atoms with Crippen LogP contribution in [0.3, 0.4) is 0 Å². The minimum atomic E-state index is -0.849. The van der Waals surface area contributed by atoms with E-state index in [-0.39, 0.29) is 11.1 Å². The fraction of sp³-hybridized carbons (Fsp3) is 0. The zero-order valence-electron chi connectivity index (χ0n) is 5.41. The molecule has 0 saturated heterocycles. The molecule has 0 unspecified atom stereocenters. The van der Waals surface area contributed by atoms with Crippen LogP contribution < -0.4 is 0 Å². The summed E-state index contributed by atoms with van der Waals surface area (Å²) >= 11 is 0. The number of pyridine rings is 1. The van der Waals surface area contributed by atoms with Crippen molar-refractivity contribution >= 4 is 6.29 Å². The Balaban J connectivity index is 3.25. The lowest BCUT2D eigenvalue weighted by Crippen LogP contribution is -1.91. The molecule has 1 rings (SSSR count). The van der Waals surface area contributed by atoms with Crippen molar-refractivity contribution in [2.24, 2.45) is 0 Å². The smallest absolute Gasteiger partial charge is 0.230 e. The Bertz CT molecular complexity index is 330. The summed E-state index contributed by atoms with van der Waals surface area (Å²) in [6.45, 7) is 0. The molecule has 0 saturated carbocycles. The molecule has 0 aliphatic heterocycles. The van der Waals surface area contributed by atoms with Crippen molar-refractivity contribution in [2.75, 3.05) is 0 Å². The van der Waals surface area contributed by atoms with E-state index in [1.165, 1.54) is 0 Å². The van der Waals surface area contributed by atoms with E-state index >= 15 is 0 Å². The number of nitriles is 1. The second-order valence-corrected chi connectivity index (χ2v) is 1.84. The summed E-state index contributed by atoms with van der Waals surface area (Å²) in [7, 11) is 0. The van der Waals surface area contributed by atoms with Crippen LogP contribution in [0.25, 0.3) is 0 Å². The highest BCUT2D eigenvalue weighted by molar-refractivity contribution is 5.74. The molecule has 54 valence electrons. The van der Waals surface area contributed by atoms with Crippen LogP contribution in [0.1, 0.15) is 15.9 Å². The lowest BCUT2D eigenvalue weighted by atomic mass is 10.2. The Labute approximate surface area is 62.1 Å². The van der Waals surface area contributed by atoms with E-state index in [9.17, 15) is 9.18 Å². The molecular weight excluding hydrogens is 147 g/mol. The predicted molar refractivity (Wildman–Crippen MR) is 34.3 cm³/mol.